The van der Waals surface area contributed by atoms with E-state index in [-0.39, 0.29) is 22.2 Å². The molecule has 1 N–H and O–H groups in total. The van der Waals surface area contributed by atoms with E-state index in [0.29, 0.717) is 24.4 Å². The molecule has 1 fully saturated rings. The van der Waals surface area contributed by atoms with Gasteiger partial charge in [-0.05, 0) is 18.0 Å². The summed E-state index contributed by atoms with van der Waals surface area (Å²) in [6.07, 6.45) is 0.770. The fourth-order valence-corrected chi connectivity index (χ4v) is 2.43. The molecule has 0 saturated carbocycles. The van der Waals surface area contributed by atoms with Crippen LogP contribution in [0.4, 0.5) is 0 Å². The van der Waals surface area contributed by atoms with Gasteiger partial charge in [-0.1, -0.05) is 11.6 Å². The van der Waals surface area contributed by atoms with Gasteiger partial charge >= 0.3 is 5.69 Å². The third kappa shape index (κ3) is 1.72. The van der Waals surface area contributed by atoms with Crippen LogP contribution in [0.5, 0.6) is 0 Å². The number of nitrogens with zero attached hydrogens (tertiary/aromatic N) is 3. The summed E-state index contributed by atoms with van der Waals surface area (Å²) in [6, 6.07) is -0.0294. The van der Waals surface area contributed by atoms with Crippen LogP contribution < -0.4 is 5.69 Å². The summed E-state index contributed by atoms with van der Waals surface area (Å²) in [5, 5.41) is 0.170. The fourth-order valence-electron chi connectivity index (χ4n) is 2.01. The second-order valence-corrected chi connectivity index (χ2v) is 4.50. The molecule has 1 aliphatic heterocycles. The molecule has 8 heteroatoms. The molecule has 3 rings (SSSR count). The zero-order valence-corrected chi connectivity index (χ0v) is 10.1. The van der Waals surface area contributed by atoms with Gasteiger partial charge in [0.25, 0.3) is 0 Å². The minimum atomic E-state index is -0.269. The number of nitrogens with one attached hydrogen (secondary N) is 1. The number of H-pyrrole nitrogens is 1. The minimum Gasteiger partial charge on any atom is -0.379 e. The zero-order chi connectivity index (χ0) is 12.0. The van der Waals surface area contributed by atoms with E-state index in [2.05, 4.69) is 15.0 Å². The van der Waals surface area contributed by atoms with Gasteiger partial charge in [0.1, 0.15) is 5.52 Å². The molecular formula is C9H8Cl2N4O2. The number of halogens is 2. The van der Waals surface area contributed by atoms with Gasteiger partial charge in [-0.15, -0.1) is 0 Å². The van der Waals surface area contributed by atoms with Crippen LogP contribution in [-0.2, 0) is 4.74 Å². The van der Waals surface area contributed by atoms with E-state index >= 15 is 0 Å². The highest BCUT2D eigenvalue weighted by Gasteiger charge is 2.24. The van der Waals surface area contributed by atoms with Crippen LogP contribution in [0.1, 0.15) is 12.5 Å². The largest absolute Gasteiger partial charge is 0.379 e. The lowest BCUT2D eigenvalue weighted by Crippen LogP contribution is -2.22. The predicted molar refractivity (Wildman–Crippen MR) is 62.6 cm³/mol. The number of aromatic amines is 1. The van der Waals surface area contributed by atoms with Crippen LogP contribution >= 0.6 is 23.2 Å². The molecular weight excluding hydrogens is 267 g/mol. The SMILES string of the molecule is O=c1[nH]c2c(Cl)nc(Cl)nc2n1[C@H]1CCOC1. The van der Waals surface area contributed by atoms with Gasteiger partial charge in [-0.3, -0.25) is 4.57 Å². The maximum atomic E-state index is 11.9. The summed E-state index contributed by atoms with van der Waals surface area (Å²) < 4.78 is 6.79. The van der Waals surface area contributed by atoms with Crippen molar-refractivity contribution in [1.29, 1.82) is 0 Å². The Kier molecular flexibility index (Phi) is 2.57. The lowest BCUT2D eigenvalue weighted by molar-refractivity contribution is 0.186. The number of hydrogen-bond acceptors (Lipinski definition) is 4. The Labute approximate surface area is 106 Å². The van der Waals surface area contributed by atoms with Crippen molar-refractivity contribution in [3.8, 4) is 0 Å². The number of fused-ring (bicyclic) bond motifs is 1. The molecule has 1 atom stereocenters. The average molecular weight is 275 g/mol. The Bertz CT molecular complexity index is 630. The van der Waals surface area contributed by atoms with Crippen molar-refractivity contribution in [2.24, 2.45) is 0 Å². The Morgan fingerprint density at radius 1 is 1.41 bits per heavy atom. The first-order chi connectivity index (χ1) is 8.16. The predicted octanol–water partition coefficient (Wildman–Crippen LogP) is 1.39. The van der Waals surface area contributed by atoms with E-state index in [9.17, 15) is 4.79 Å². The molecule has 1 aliphatic rings. The van der Waals surface area contributed by atoms with E-state index in [1.807, 2.05) is 0 Å². The van der Waals surface area contributed by atoms with Crippen LogP contribution in [0.2, 0.25) is 10.4 Å². The highest BCUT2D eigenvalue weighted by atomic mass is 35.5. The van der Waals surface area contributed by atoms with Crippen LogP contribution in [-0.4, -0.2) is 32.7 Å². The maximum absolute atomic E-state index is 11.9. The van der Waals surface area contributed by atoms with Gasteiger partial charge in [-0.2, -0.15) is 4.98 Å². The van der Waals surface area contributed by atoms with E-state index in [4.69, 9.17) is 27.9 Å². The fraction of sp³-hybridized carbons (Fsp3) is 0.444. The van der Waals surface area contributed by atoms with Gasteiger partial charge in [0, 0.05) is 6.61 Å². The first-order valence-corrected chi connectivity index (χ1v) is 5.83. The standard InChI is InChI=1S/C9H8Cl2N4O2/c10-6-5-7(14-8(11)13-6)15(9(16)12-5)4-1-2-17-3-4/h4H,1-3H2,(H,12,16)/t4-/m0/s1. The Balaban J connectivity index is 2.29. The third-order valence-electron chi connectivity index (χ3n) is 2.77. The molecule has 6 nitrogen and oxygen atoms in total. The first kappa shape index (κ1) is 11.0. The zero-order valence-electron chi connectivity index (χ0n) is 8.61. The first-order valence-electron chi connectivity index (χ1n) is 5.08. The number of ether oxygens (including phenoxy) is 1. The van der Waals surface area contributed by atoms with Crippen molar-refractivity contribution in [3.63, 3.8) is 0 Å². The summed E-state index contributed by atoms with van der Waals surface area (Å²) >= 11 is 11.6. The minimum absolute atomic E-state index is 0.0224. The molecule has 2 aromatic heterocycles. The Morgan fingerprint density at radius 3 is 2.94 bits per heavy atom. The van der Waals surface area contributed by atoms with Crippen molar-refractivity contribution in [3.05, 3.63) is 20.9 Å². The van der Waals surface area contributed by atoms with Gasteiger partial charge < -0.3 is 9.72 Å². The van der Waals surface area contributed by atoms with Crippen molar-refractivity contribution >= 4 is 34.4 Å². The second-order valence-electron chi connectivity index (χ2n) is 3.80. The summed E-state index contributed by atoms with van der Waals surface area (Å²) in [7, 11) is 0. The van der Waals surface area contributed by atoms with Gasteiger partial charge in [0.15, 0.2) is 10.8 Å². The molecule has 0 radical (unpaired) electrons. The van der Waals surface area contributed by atoms with Gasteiger partial charge in [0.2, 0.25) is 5.28 Å². The molecule has 1 saturated heterocycles. The van der Waals surface area contributed by atoms with Gasteiger partial charge in [-0.25, -0.2) is 9.78 Å². The highest BCUT2D eigenvalue weighted by Crippen LogP contribution is 2.24. The quantitative estimate of drug-likeness (QED) is 0.630. The van der Waals surface area contributed by atoms with E-state index in [1.165, 1.54) is 4.57 Å². The molecule has 0 unspecified atom stereocenters. The maximum Gasteiger partial charge on any atom is 0.328 e. The van der Waals surface area contributed by atoms with Crippen LogP contribution in [0, 0.1) is 0 Å². The molecule has 90 valence electrons. The summed E-state index contributed by atoms with van der Waals surface area (Å²) in [5.74, 6) is 0. The molecule has 0 aromatic carbocycles. The monoisotopic (exact) mass is 274 g/mol. The lowest BCUT2D eigenvalue weighted by Gasteiger charge is -2.08. The van der Waals surface area contributed by atoms with Gasteiger partial charge in [0.05, 0.1) is 12.6 Å². The number of hydrogen-bond donors (Lipinski definition) is 1. The highest BCUT2D eigenvalue weighted by molar-refractivity contribution is 6.35. The number of rotatable bonds is 1. The Hall–Kier alpha value is -1.11. The molecule has 0 amide bonds. The summed E-state index contributed by atoms with van der Waals surface area (Å²) in [5.41, 5.74) is 0.567. The summed E-state index contributed by atoms with van der Waals surface area (Å²) in [4.78, 5) is 22.3. The smallest absolute Gasteiger partial charge is 0.328 e. The number of imidazole rings is 1. The molecule has 2 aromatic rings. The van der Waals surface area contributed by atoms with Crippen molar-refractivity contribution in [1.82, 2.24) is 19.5 Å². The molecule has 3 heterocycles. The second kappa shape index (κ2) is 3.97. The van der Waals surface area contributed by atoms with Crippen LogP contribution in [0.3, 0.4) is 0 Å². The topological polar surface area (TPSA) is 72.8 Å². The van der Waals surface area contributed by atoms with Crippen LogP contribution in [0.25, 0.3) is 11.2 Å². The van der Waals surface area contributed by atoms with Crippen molar-refractivity contribution in [2.45, 2.75) is 12.5 Å². The lowest BCUT2D eigenvalue weighted by atomic mass is 10.2. The number of aromatic nitrogens is 4. The molecule has 0 bridgehead atoms. The molecule has 0 spiro atoms. The van der Waals surface area contributed by atoms with Crippen LogP contribution in [0.15, 0.2) is 4.79 Å². The summed E-state index contributed by atoms with van der Waals surface area (Å²) in [6.45, 7) is 1.13. The average Bonchev–Trinajstić information content (AvgIpc) is 2.84. The normalized spacial score (nSPS) is 20.2. The van der Waals surface area contributed by atoms with E-state index < -0.39 is 0 Å². The van der Waals surface area contributed by atoms with Crippen molar-refractivity contribution < 1.29 is 4.74 Å². The Morgan fingerprint density at radius 2 is 2.24 bits per heavy atom. The molecule has 17 heavy (non-hydrogen) atoms. The van der Waals surface area contributed by atoms with E-state index in [0.717, 1.165) is 6.42 Å². The third-order valence-corrected chi connectivity index (χ3v) is 3.21. The van der Waals surface area contributed by atoms with E-state index in [1.54, 1.807) is 0 Å². The van der Waals surface area contributed by atoms with Crippen molar-refractivity contribution in [2.75, 3.05) is 13.2 Å². The molecule has 0 aliphatic carbocycles.